The summed E-state index contributed by atoms with van der Waals surface area (Å²) in [7, 11) is 0. The van der Waals surface area contributed by atoms with Crippen LogP contribution in [-0.2, 0) is 11.3 Å². The second-order valence-corrected chi connectivity index (χ2v) is 4.93. The summed E-state index contributed by atoms with van der Waals surface area (Å²) in [4.78, 5) is 4.08. The molecular weight excluding hydrogens is 252 g/mol. The fraction of sp³-hybridized carbons (Fsp3) is 0.462. The Kier molecular flexibility index (Phi) is 2.89. The average Bonchev–Trinajstić information content (AvgIpc) is 2.91. The lowest BCUT2D eigenvalue weighted by atomic mass is 10.0. The summed E-state index contributed by atoms with van der Waals surface area (Å²) in [6.45, 7) is 3.16. The first-order valence-electron chi connectivity index (χ1n) is 6.29. The van der Waals surface area contributed by atoms with Gasteiger partial charge in [0.1, 0.15) is 5.52 Å². The number of benzene rings is 1. The van der Waals surface area contributed by atoms with Crippen LogP contribution in [0.1, 0.15) is 13.3 Å². The second-order valence-electron chi connectivity index (χ2n) is 4.93. The molecule has 3 rings (SSSR count). The number of ether oxygens (including phenoxy) is 1. The smallest absolute Gasteiger partial charge is 0.201 e. The lowest BCUT2D eigenvalue weighted by Crippen LogP contribution is -2.19. The van der Waals surface area contributed by atoms with Crippen LogP contribution in [0, 0.1) is 17.6 Å². The van der Waals surface area contributed by atoms with Crippen LogP contribution in [-0.4, -0.2) is 22.3 Å². The molecule has 2 atom stereocenters. The Hall–Kier alpha value is -1.69. The summed E-state index contributed by atoms with van der Waals surface area (Å²) in [5.41, 5.74) is 6.33. The molecule has 1 aliphatic rings. The number of fused-ring (bicyclic) bond motifs is 1. The average molecular weight is 267 g/mol. The van der Waals surface area contributed by atoms with E-state index in [0.717, 1.165) is 12.5 Å². The van der Waals surface area contributed by atoms with Crippen molar-refractivity contribution in [2.24, 2.45) is 5.92 Å². The molecule has 1 fully saturated rings. The molecule has 1 aromatic heterocycles. The highest BCUT2D eigenvalue weighted by Crippen LogP contribution is 2.28. The molecule has 1 saturated heterocycles. The first-order valence-corrected chi connectivity index (χ1v) is 6.29. The molecule has 4 nitrogen and oxygen atoms in total. The first-order chi connectivity index (χ1) is 9.08. The van der Waals surface area contributed by atoms with Crippen LogP contribution in [0.25, 0.3) is 11.0 Å². The van der Waals surface area contributed by atoms with E-state index in [0.29, 0.717) is 18.7 Å². The lowest BCUT2D eigenvalue weighted by molar-refractivity contribution is 0.102. The number of anilines is 1. The maximum absolute atomic E-state index is 13.9. The van der Waals surface area contributed by atoms with Gasteiger partial charge in [0.2, 0.25) is 5.95 Å². The molecule has 0 radical (unpaired) electrons. The molecule has 2 unspecified atom stereocenters. The van der Waals surface area contributed by atoms with Gasteiger partial charge in [-0.05, 0) is 25.5 Å². The fourth-order valence-corrected chi connectivity index (χ4v) is 2.61. The van der Waals surface area contributed by atoms with E-state index in [9.17, 15) is 8.78 Å². The molecule has 2 N–H and O–H groups in total. The maximum Gasteiger partial charge on any atom is 0.201 e. The number of imidazole rings is 1. The quantitative estimate of drug-likeness (QED) is 0.908. The van der Waals surface area contributed by atoms with E-state index >= 15 is 0 Å². The Morgan fingerprint density at radius 2 is 2.26 bits per heavy atom. The summed E-state index contributed by atoms with van der Waals surface area (Å²) in [6.07, 6.45) is 0.977. The summed E-state index contributed by atoms with van der Waals surface area (Å²) >= 11 is 0. The Morgan fingerprint density at radius 1 is 1.47 bits per heavy atom. The maximum atomic E-state index is 13.9. The number of hydrogen-bond acceptors (Lipinski definition) is 3. The zero-order valence-electron chi connectivity index (χ0n) is 10.6. The Morgan fingerprint density at radius 3 is 2.95 bits per heavy atom. The van der Waals surface area contributed by atoms with Gasteiger partial charge in [-0.3, -0.25) is 0 Å². The molecule has 6 heteroatoms. The predicted octanol–water partition coefficient (Wildman–Crippen LogP) is 2.32. The van der Waals surface area contributed by atoms with Gasteiger partial charge in [0.05, 0.1) is 11.6 Å². The summed E-state index contributed by atoms with van der Waals surface area (Å²) < 4.78 is 34.3. The Bertz CT molecular complexity index is 626. The number of nitrogens with zero attached hydrogens (tertiary/aromatic N) is 2. The zero-order chi connectivity index (χ0) is 13.6. The van der Waals surface area contributed by atoms with Gasteiger partial charge in [-0.1, -0.05) is 0 Å². The van der Waals surface area contributed by atoms with Crippen molar-refractivity contribution in [1.82, 2.24) is 9.55 Å². The first kappa shape index (κ1) is 12.3. The van der Waals surface area contributed by atoms with E-state index in [4.69, 9.17) is 10.5 Å². The third-order valence-corrected chi connectivity index (χ3v) is 3.78. The highest BCUT2D eigenvalue weighted by atomic mass is 19.2. The SMILES string of the molecule is CC1OCCC1Cn1c(N)nc2ccc(F)c(F)c21. The number of hydrogen-bond donors (Lipinski definition) is 1. The summed E-state index contributed by atoms with van der Waals surface area (Å²) in [6, 6.07) is 2.50. The van der Waals surface area contributed by atoms with Crippen LogP contribution in [0.5, 0.6) is 0 Å². The molecule has 0 spiro atoms. The largest absolute Gasteiger partial charge is 0.378 e. The minimum absolute atomic E-state index is 0.0912. The van der Waals surface area contributed by atoms with E-state index in [1.165, 1.54) is 6.07 Å². The summed E-state index contributed by atoms with van der Waals surface area (Å²) in [5.74, 6) is -1.33. The lowest BCUT2D eigenvalue weighted by Gasteiger charge is -2.16. The van der Waals surface area contributed by atoms with Crippen molar-refractivity contribution in [2.75, 3.05) is 12.3 Å². The van der Waals surface area contributed by atoms with Crippen LogP contribution in [0.15, 0.2) is 12.1 Å². The van der Waals surface area contributed by atoms with Crippen LogP contribution >= 0.6 is 0 Å². The molecule has 19 heavy (non-hydrogen) atoms. The Balaban J connectivity index is 2.07. The zero-order valence-corrected chi connectivity index (χ0v) is 10.6. The minimum atomic E-state index is -0.895. The van der Waals surface area contributed by atoms with Crippen molar-refractivity contribution < 1.29 is 13.5 Å². The van der Waals surface area contributed by atoms with Gasteiger partial charge in [0, 0.05) is 19.1 Å². The number of halogens is 2. The fourth-order valence-electron chi connectivity index (χ4n) is 2.61. The number of nitrogens with two attached hydrogens (primary N) is 1. The van der Waals surface area contributed by atoms with Crippen LogP contribution in [0.3, 0.4) is 0 Å². The molecular formula is C13H15F2N3O. The van der Waals surface area contributed by atoms with Crippen molar-refractivity contribution in [3.8, 4) is 0 Å². The molecule has 2 heterocycles. The van der Waals surface area contributed by atoms with E-state index in [1.807, 2.05) is 6.92 Å². The van der Waals surface area contributed by atoms with E-state index in [-0.39, 0.29) is 23.5 Å². The van der Waals surface area contributed by atoms with Gasteiger partial charge in [-0.15, -0.1) is 0 Å². The van der Waals surface area contributed by atoms with Crippen molar-refractivity contribution in [1.29, 1.82) is 0 Å². The van der Waals surface area contributed by atoms with Crippen molar-refractivity contribution in [3.63, 3.8) is 0 Å². The predicted molar refractivity (Wildman–Crippen MR) is 67.6 cm³/mol. The normalized spacial score (nSPS) is 23.3. The van der Waals surface area contributed by atoms with Gasteiger partial charge in [-0.25, -0.2) is 13.8 Å². The van der Waals surface area contributed by atoms with Gasteiger partial charge >= 0.3 is 0 Å². The van der Waals surface area contributed by atoms with Crippen molar-refractivity contribution >= 4 is 17.0 Å². The topological polar surface area (TPSA) is 53.1 Å². The molecule has 0 saturated carbocycles. The Labute approximate surface area is 109 Å². The monoisotopic (exact) mass is 267 g/mol. The molecule has 0 aliphatic carbocycles. The second kappa shape index (κ2) is 4.45. The molecule has 0 amide bonds. The van der Waals surface area contributed by atoms with Gasteiger partial charge < -0.3 is 15.0 Å². The highest BCUT2D eigenvalue weighted by Gasteiger charge is 2.27. The number of nitrogen functional groups attached to an aromatic ring is 1. The van der Waals surface area contributed by atoms with Crippen LogP contribution in [0.2, 0.25) is 0 Å². The number of rotatable bonds is 2. The molecule has 102 valence electrons. The molecule has 1 aliphatic heterocycles. The van der Waals surface area contributed by atoms with Crippen molar-refractivity contribution in [3.05, 3.63) is 23.8 Å². The van der Waals surface area contributed by atoms with Gasteiger partial charge in [-0.2, -0.15) is 0 Å². The van der Waals surface area contributed by atoms with Gasteiger partial charge in [0.25, 0.3) is 0 Å². The highest BCUT2D eigenvalue weighted by molar-refractivity contribution is 5.79. The molecule has 2 aromatic rings. The van der Waals surface area contributed by atoms with E-state index in [2.05, 4.69) is 4.98 Å². The summed E-state index contributed by atoms with van der Waals surface area (Å²) in [5, 5.41) is 0. The van der Waals surface area contributed by atoms with Gasteiger partial charge in [0.15, 0.2) is 11.6 Å². The van der Waals surface area contributed by atoms with Crippen LogP contribution in [0.4, 0.5) is 14.7 Å². The molecule has 1 aromatic carbocycles. The van der Waals surface area contributed by atoms with Crippen LogP contribution < -0.4 is 5.73 Å². The van der Waals surface area contributed by atoms with Crippen molar-refractivity contribution in [2.45, 2.75) is 26.0 Å². The standard InChI is InChI=1S/C13H15F2N3O/c1-7-8(4-5-19-7)6-18-12-10(17-13(18)16)3-2-9(14)11(12)15/h2-3,7-8H,4-6H2,1H3,(H2,16,17). The molecule has 0 bridgehead atoms. The third kappa shape index (κ3) is 1.96. The minimum Gasteiger partial charge on any atom is -0.378 e. The van der Waals surface area contributed by atoms with E-state index in [1.54, 1.807) is 4.57 Å². The van der Waals surface area contributed by atoms with E-state index < -0.39 is 11.6 Å². The number of aromatic nitrogens is 2. The third-order valence-electron chi connectivity index (χ3n) is 3.78.